The van der Waals surface area contributed by atoms with Crippen LogP contribution in [-0.2, 0) is 40.7 Å². The van der Waals surface area contributed by atoms with E-state index in [1.54, 1.807) is 11.1 Å². The van der Waals surface area contributed by atoms with Crippen LogP contribution in [0.1, 0.15) is 341 Å². The van der Waals surface area contributed by atoms with Crippen molar-refractivity contribution in [2.75, 3.05) is 0 Å². The molecule has 5 heterocycles. The number of benzene rings is 10. The van der Waals surface area contributed by atoms with E-state index in [4.69, 9.17) is 0 Å². The molecule has 0 saturated heterocycles. The number of aryl methyl sites for hydroxylation is 11. The van der Waals surface area contributed by atoms with Gasteiger partial charge in [-0.2, -0.15) is 0 Å². The molecule has 21 rings (SSSR count). The van der Waals surface area contributed by atoms with Gasteiger partial charge in [0.15, 0.2) is 31.0 Å². The molecule has 0 N–H and O–H groups in total. The maximum atomic E-state index is 14.3. The Kier molecular flexibility index (Phi) is 29.0. The highest BCUT2D eigenvalue weighted by Gasteiger charge is 2.32. The molecule has 6 heteroatoms. The van der Waals surface area contributed by atoms with Gasteiger partial charge in [-0.25, -0.2) is 27.2 Å². The molecule has 0 radical (unpaired) electrons. The van der Waals surface area contributed by atoms with Crippen LogP contribution < -0.4 is 22.8 Å². The molecular formula is C129H155FN5+5. The number of hydrogen-bond acceptors (Lipinski definition) is 0. The lowest BCUT2D eigenvalue weighted by molar-refractivity contribution is -0.659. The van der Waals surface area contributed by atoms with Crippen LogP contribution in [0.25, 0.3) is 110 Å². The Morgan fingerprint density at radius 1 is 0.252 bits per heavy atom. The molecule has 6 saturated carbocycles. The van der Waals surface area contributed by atoms with Crippen LogP contribution in [0.5, 0.6) is 0 Å². The maximum absolute atomic E-state index is 14.3. The second-order valence-electron chi connectivity index (χ2n) is 43.9. The molecule has 135 heavy (non-hydrogen) atoms. The summed E-state index contributed by atoms with van der Waals surface area (Å²) in [6, 6.07) is 68.3. The van der Waals surface area contributed by atoms with Crippen molar-refractivity contribution in [2.45, 2.75) is 319 Å². The van der Waals surface area contributed by atoms with Crippen molar-refractivity contribution in [1.29, 1.82) is 0 Å². The number of hydrogen-bond donors (Lipinski definition) is 0. The molecule has 0 aliphatic heterocycles. The number of rotatable bonds is 12. The van der Waals surface area contributed by atoms with Crippen molar-refractivity contribution >= 4 is 53.9 Å². The SMILES string of the molecule is Cc1cc(-c2c3ccc(C4CCCC4)cc3cc[n+]2C)c(C)c(C)c1F.Cc1cc(C(C)(C)C)cc(-c2c3ccc(C4CCCC4)cc3cc[n+]2C)c1C.Cc1cc(C(C)C)cc(-c2c3ccc(C4CCCC4)cc3cc[n+]2C)c1C.Cc1cc(C)c(C)c(-c2c3ccc(C4CCCC4)cc3cc[n+]2C)c1.Cc1cc(C2CCCC2)cc(-c2c3ccc(C4CCCC4)cc3cc[n+]2C)c1C. The first-order chi connectivity index (χ1) is 64.8. The Morgan fingerprint density at radius 3 is 0.815 bits per heavy atom. The highest BCUT2D eigenvalue weighted by Crippen LogP contribution is 2.47. The zero-order chi connectivity index (χ0) is 95.1. The number of aromatic nitrogens is 5. The van der Waals surface area contributed by atoms with Gasteiger partial charge in [-0.15, -0.1) is 0 Å². The first-order valence-electron chi connectivity index (χ1n) is 52.2. The van der Waals surface area contributed by atoms with Gasteiger partial charge in [0.1, 0.15) is 41.1 Å². The Bertz CT molecular complexity index is 6950. The second kappa shape index (κ2) is 40.8. The quantitative estimate of drug-likeness (QED) is 0.109. The van der Waals surface area contributed by atoms with Gasteiger partial charge < -0.3 is 0 Å². The van der Waals surface area contributed by atoms with Gasteiger partial charge in [0.25, 0.3) is 0 Å². The first kappa shape index (κ1) is 95.9. The fraction of sp³-hybridized carbons (Fsp3) is 0.419. The van der Waals surface area contributed by atoms with E-state index in [2.05, 4.69) is 356 Å². The van der Waals surface area contributed by atoms with Gasteiger partial charge in [0.2, 0.25) is 28.5 Å². The molecule has 15 aromatic rings. The summed E-state index contributed by atoms with van der Waals surface area (Å²) in [5.41, 5.74) is 40.3. The molecular weight excluding hydrogens is 1640 g/mol. The normalized spacial score (nSPS) is 15.9. The largest absolute Gasteiger partial charge is 0.220 e. The van der Waals surface area contributed by atoms with E-state index in [9.17, 15) is 4.39 Å². The van der Waals surface area contributed by atoms with Crippen molar-refractivity contribution in [3.05, 3.63) is 324 Å². The third kappa shape index (κ3) is 20.2. The van der Waals surface area contributed by atoms with Crippen molar-refractivity contribution in [2.24, 2.45) is 35.2 Å². The van der Waals surface area contributed by atoms with E-state index in [0.29, 0.717) is 17.4 Å². The zero-order valence-corrected chi connectivity index (χ0v) is 86.3. The maximum Gasteiger partial charge on any atom is 0.220 e. The fourth-order valence-electron chi connectivity index (χ4n) is 24.4. The average Bonchev–Trinajstić information content (AvgIpc) is 1.56. The lowest BCUT2D eigenvalue weighted by Gasteiger charge is -2.22. The molecule has 698 valence electrons. The molecule has 5 aromatic heterocycles. The Hall–Kier alpha value is -10.8. The summed E-state index contributed by atoms with van der Waals surface area (Å²) < 4.78 is 25.7. The lowest BCUT2D eigenvalue weighted by Crippen LogP contribution is -2.31. The van der Waals surface area contributed by atoms with Gasteiger partial charge >= 0.3 is 0 Å². The summed E-state index contributed by atoms with van der Waals surface area (Å²) in [6.45, 7) is 37.5. The van der Waals surface area contributed by atoms with Crippen LogP contribution >= 0.6 is 0 Å². The van der Waals surface area contributed by atoms with E-state index >= 15 is 0 Å². The molecule has 0 amide bonds. The molecule has 6 aliphatic rings. The van der Waals surface area contributed by atoms with Crippen molar-refractivity contribution < 1.29 is 27.2 Å². The first-order valence-corrected chi connectivity index (χ1v) is 52.2. The van der Waals surface area contributed by atoms with Crippen LogP contribution in [0.2, 0.25) is 0 Å². The minimum absolute atomic E-state index is 0.0855. The van der Waals surface area contributed by atoms with Crippen molar-refractivity contribution in [3.8, 4) is 56.3 Å². The predicted octanol–water partition coefficient (Wildman–Crippen LogP) is 32.9. The van der Waals surface area contributed by atoms with Crippen LogP contribution in [0.15, 0.2) is 207 Å². The number of pyridine rings is 5. The van der Waals surface area contributed by atoms with Crippen LogP contribution in [0.4, 0.5) is 4.39 Å². The van der Waals surface area contributed by atoms with Gasteiger partial charge in [0.05, 0.1) is 54.7 Å². The molecule has 6 fully saturated rings. The van der Waals surface area contributed by atoms with Gasteiger partial charge in [-0.1, -0.05) is 202 Å². The Labute approximate surface area is 809 Å². The summed E-state index contributed by atoms with van der Waals surface area (Å²) in [7, 11) is 10.8. The minimum Gasteiger partial charge on any atom is -0.206 e. The molecule has 0 bridgehead atoms. The smallest absolute Gasteiger partial charge is 0.206 e. The highest BCUT2D eigenvalue weighted by molar-refractivity contribution is 5.99. The topological polar surface area (TPSA) is 19.4 Å². The van der Waals surface area contributed by atoms with Crippen molar-refractivity contribution in [1.82, 2.24) is 0 Å². The molecule has 0 spiro atoms. The predicted molar refractivity (Wildman–Crippen MR) is 570 cm³/mol. The Morgan fingerprint density at radius 2 is 0.511 bits per heavy atom. The summed E-state index contributed by atoms with van der Waals surface area (Å²) in [4.78, 5) is 0. The average molecular weight is 1790 g/mol. The van der Waals surface area contributed by atoms with Gasteiger partial charge in [-0.05, 0) is 400 Å². The lowest BCUT2D eigenvalue weighted by atomic mass is 9.82. The molecule has 0 unspecified atom stereocenters. The summed E-state index contributed by atoms with van der Waals surface area (Å²) in [5, 5.41) is 13.5. The minimum atomic E-state index is -0.0855. The monoisotopic (exact) mass is 1790 g/mol. The molecule has 0 atom stereocenters. The third-order valence-corrected chi connectivity index (χ3v) is 33.4. The third-order valence-electron chi connectivity index (χ3n) is 33.4. The van der Waals surface area contributed by atoms with Gasteiger partial charge in [-0.3, -0.25) is 0 Å². The number of fused-ring (bicyclic) bond motifs is 5. The second-order valence-corrected chi connectivity index (χ2v) is 43.9. The molecule has 10 aromatic carbocycles. The zero-order valence-electron chi connectivity index (χ0n) is 86.3. The molecule has 5 nitrogen and oxygen atoms in total. The van der Waals surface area contributed by atoms with E-state index in [1.165, 1.54) is 342 Å². The fourth-order valence-corrected chi connectivity index (χ4v) is 24.4. The molecule has 6 aliphatic carbocycles. The standard InChI is InChI=1S/C28H34N.C27H34N.C26H32N.C24H27FN.C24H28N/c1-19-16-25(22-10-6-7-11-22)18-27(20(19)2)28-26-13-12-23(21-8-4-5-9-21)17-24(26)14-15-29(28)3;1-18-15-23(27(3,4)5)17-25(19(18)2)26-24-12-11-21(20-9-7-8-10-20)16-22(24)13-14-28(26)6;1-17(2)23-14-18(3)19(4)25(16-23)26-24-11-10-21(20-8-6-7-9-20)15-22(24)12-13-27(26)5;1-15-13-22(16(2)17(3)23(15)25)24-21-10-9-19(18-7-5-6-8-18)14-20(21)11-12-26(24)4;1-16-13-17(2)18(3)23(14-16)24-22-10-9-20(19-7-5-6-8-19)15-21(22)11-12-25(24)4/h12-18,21-22H,4-11H2,1-3H3;11-17,20H,7-10H2,1-6H3;10-17,20H,6-9H2,1-5H3;9-14,18H,5-8H2,1-4H3;9-15,19H,5-8H2,1-4H3/q5*+1. The number of halogens is 1. The van der Waals surface area contributed by atoms with E-state index in [-0.39, 0.29) is 11.2 Å². The van der Waals surface area contributed by atoms with Crippen LogP contribution in [0.3, 0.4) is 0 Å². The van der Waals surface area contributed by atoms with Crippen LogP contribution in [0, 0.1) is 88.9 Å². The number of nitrogens with zero attached hydrogens (tertiary/aromatic N) is 5. The van der Waals surface area contributed by atoms with E-state index in [1.807, 2.05) is 26.8 Å². The summed E-state index contributed by atoms with van der Waals surface area (Å²) in [5.74, 6) is 4.98. The van der Waals surface area contributed by atoms with Gasteiger partial charge in [0, 0.05) is 30.3 Å². The van der Waals surface area contributed by atoms with E-state index in [0.717, 1.165) is 46.3 Å². The highest BCUT2D eigenvalue weighted by atomic mass is 19.1. The summed E-state index contributed by atoms with van der Waals surface area (Å²) in [6.07, 6.45) is 43.8. The Balaban J connectivity index is 0.000000117. The van der Waals surface area contributed by atoms with E-state index < -0.39 is 0 Å². The summed E-state index contributed by atoms with van der Waals surface area (Å²) >= 11 is 0. The van der Waals surface area contributed by atoms with Crippen LogP contribution in [-0.4, -0.2) is 0 Å². The van der Waals surface area contributed by atoms with Crippen molar-refractivity contribution in [3.63, 3.8) is 0 Å².